The van der Waals surface area contributed by atoms with Crippen LogP contribution in [0.5, 0.6) is 0 Å². The van der Waals surface area contributed by atoms with Crippen LogP contribution >= 0.6 is 11.8 Å². The van der Waals surface area contributed by atoms with Gasteiger partial charge in [-0.15, -0.1) is 0 Å². The molecular formula is C18H20N4O2S. The lowest BCUT2D eigenvalue weighted by molar-refractivity contribution is -0.113. The van der Waals surface area contributed by atoms with E-state index in [4.69, 9.17) is 9.51 Å². The number of thioether (sulfide) groups is 1. The molecule has 6 nitrogen and oxygen atoms in total. The van der Waals surface area contributed by atoms with E-state index in [1.807, 2.05) is 6.07 Å². The van der Waals surface area contributed by atoms with Crippen LogP contribution in [0.3, 0.4) is 0 Å². The number of carbonyl (C=O) groups is 1. The summed E-state index contributed by atoms with van der Waals surface area (Å²) in [5, 5.41) is 16.5. The Balaban J connectivity index is 1.69. The Morgan fingerprint density at radius 3 is 2.84 bits per heavy atom. The molecular weight excluding hydrogens is 336 g/mol. The molecule has 25 heavy (non-hydrogen) atoms. The Morgan fingerprint density at radius 2 is 2.12 bits per heavy atom. The molecule has 0 spiro atoms. The van der Waals surface area contributed by atoms with Gasteiger partial charge in [0.1, 0.15) is 16.9 Å². The van der Waals surface area contributed by atoms with E-state index in [0.29, 0.717) is 22.2 Å². The largest absolute Gasteiger partial charge is 0.360 e. The molecule has 2 heterocycles. The molecule has 1 amide bonds. The average molecular weight is 356 g/mol. The van der Waals surface area contributed by atoms with Crippen LogP contribution in [-0.4, -0.2) is 21.8 Å². The molecule has 0 aliphatic heterocycles. The second-order valence-electron chi connectivity index (χ2n) is 6.13. The van der Waals surface area contributed by atoms with Crippen molar-refractivity contribution in [3.63, 3.8) is 0 Å². The zero-order chi connectivity index (χ0) is 17.6. The minimum absolute atomic E-state index is 0.173. The Hall–Kier alpha value is -2.33. The third-order valence-electron chi connectivity index (χ3n) is 4.12. The molecule has 0 radical (unpaired) electrons. The Labute approximate surface area is 151 Å². The van der Waals surface area contributed by atoms with Crippen molar-refractivity contribution >= 4 is 23.5 Å². The lowest BCUT2D eigenvalue weighted by Gasteiger charge is -2.15. The van der Waals surface area contributed by atoms with Gasteiger partial charge in [0, 0.05) is 11.8 Å². The van der Waals surface area contributed by atoms with E-state index in [9.17, 15) is 10.1 Å². The van der Waals surface area contributed by atoms with Gasteiger partial charge in [0.2, 0.25) is 5.91 Å². The molecule has 0 saturated carbocycles. The summed E-state index contributed by atoms with van der Waals surface area (Å²) in [6.45, 7) is 1.76. The van der Waals surface area contributed by atoms with Gasteiger partial charge in [0.25, 0.3) is 0 Å². The second-order valence-corrected chi connectivity index (χ2v) is 7.10. The lowest BCUT2D eigenvalue weighted by Crippen LogP contribution is -2.14. The van der Waals surface area contributed by atoms with E-state index in [1.165, 1.54) is 30.2 Å². The summed E-state index contributed by atoms with van der Waals surface area (Å²) in [7, 11) is 0. The topological polar surface area (TPSA) is 91.8 Å². The van der Waals surface area contributed by atoms with E-state index in [2.05, 4.69) is 16.5 Å². The number of pyridine rings is 1. The van der Waals surface area contributed by atoms with Gasteiger partial charge in [-0.2, -0.15) is 5.26 Å². The van der Waals surface area contributed by atoms with E-state index in [0.717, 1.165) is 31.4 Å². The number of rotatable bonds is 4. The molecule has 0 unspecified atom stereocenters. The van der Waals surface area contributed by atoms with Crippen molar-refractivity contribution < 1.29 is 9.32 Å². The van der Waals surface area contributed by atoms with Crippen LogP contribution in [0.4, 0.5) is 5.82 Å². The molecule has 130 valence electrons. The predicted octanol–water partition coefficient (Wildman–Crippen LogP) is 3.64. The third kappa shape index (κ3) is 4.60. The van der Waals surface area contributed by atoms with Crippen LogP contribution in [0, 0.1) is 18.3 Å². The summed E-state index contributed by atoms with van der Waals surface area (Å²) in [4.78, 5) is 16.8. The standard InChI is InChI=1S/C18H20N4O2S/c1-12-8-16(22-24-12)21-17(23)11-25-18-14(10-19)9-13-6-4-2-3-5-7-15(13)20-18/h8-9H,2-7,11H2,1H3,(H,21,22,23). The van der Waals surface area contributed by atoms with Gasteiger partial charge in [0.05, 0.1) is 11.3 Å². The molecule has 0 bridgehead atoms. The zero-order valence-corrected chi connectivity index (χ0v) is 15.0. The highest BCUT2D eigenvalue weighted by Gasteiger charge is 2.15. The number of anilines is 1. The molecule has 0 aromatic carbocycles. The molecule has 0 atom stereocenters. The number of nitriles is 1. The number of amides is 1. The fraction of sp³-hybridized carbons (Fsp3) is 0.444. The van der Waals surface area contributed by atoms with E-state index in [-0.39, 0.29) is 11.7 Å². The Bertz CT molecular complexity index is 810. The van der Waals surface area contributed by atoms with Gasteiger partial charge in [-0.25, -0.2) is 4.98 Å². The molecule has 2 aromatic rings. The molecule has 3 rings (SSSR count). The van der Waals surface area contributed by atoms with Crippen LogP contribution in [0.1, 0.15) is 48.3 Å². The summed E-state index contributed by atoms with van der Waals surface area (Å²) in [5.41, 5.74) is 2.81. The SMILES string of the molecule is Cc1cc(NC(=O)CSc2nc3c(cc2C#N)CCCCCC3)no1. The molecule has 1 aliphatic carbocycles. The van der Waals surface area contributed by atoms with Crippen molar-refractivity contribution in [1.82, 2.24) is 10.1 Å². The first-order valence-corrected chi connectivity index (χ1v) is 9.43. The molecule has 0 fully saturated rings. The number of nitrogens with one attached hydrogen (secondary N) is 1. The smallest absolute Gasteiger partial charge is 0.236 e. The summed E-state index contributed by atoms with van der Waals surface area (Å²) < 4.78 is 4.92. The highest BCUT2D eigenvalue weighted by molar-refractivity contribution is 8.00. The van der Waals surface area contributed by atoms with Gasteiger partial charge in [0.15, 0.2) is 5.82 Å². The summed E-state index contributed by atoms with van der Waals surface area (Å²) in [6.07, 6.45) is 6.66. The monoisotopic (exact) mass is 356 g/mol. The van der Waals surface area contributed by atoms with Crippen molar-refractivity contribution in [2.75, 3.05) is 11.1 Å². The number of nitrogens with zero attached hydrogens (tertiary/aromatic N) is 3. The molecule has 1 N–H and O–H groups in total. The highest BCUT2D eigenvalue weighted by Crippen LogP contribution is 2.26. The normalized spacial score (nSPS) is 14.1. The average Bonchev–Trinajstić information content (AvgIpc) is 2.98. The fourth-order valence-electron chi connectivity index (χ4n) is 2.90. The first-order chi connectivity index (χ1) is 12.2. The van der Waals surface area contributed by atoms with E-state index < -0.39 is 0 Å². The molecule has 0 saturated heterocycles. The van der Waals surface area contributed by atoms with E-state index >= 15 is 0 Å². The van der Waals surface area contributed by atoms with Gasteiger partial charge in [-0.05, 0) is 44.2 Å². The highest BCUT2D eigenvalue weighted by atomic mass is 32.2. The van der Waals surface area contributed by atoms with Crippen LogP contribution in [0.2, 0.25) is 0 Å². The van der Waals surface area contributed by atoms with Crippen molar-refractivity contribution in [1.29, 1.82) is 5.26 Å². The lowest BCUT2D eigenvalue weighted by atomic mass is 9.96. The quantitative estimate of drug-likeness (QED) is 0.841. The minimum Gasteiger partial charge on any atom is -0.360 e. The van der Waals surface area contributed by atoms with Gasteiger partial charge in [-0.3, -0.25) is 4.79 Å². The Morgan fingerprint density at radius 1 is 1.32 bits per heavy atom. The maximum atomic E-state index is 12.1. The van der Waals surface area contributed by atoms with Gasteiger partial charge in [-0.1, -0.05) is 29.8 Å². The predicted molar refractivity (Wildman–Crippen MR) is 95.4 cm³/mol. The van der Waals surface area contributed by atoms with E-state index in [1.54, 1.807) is 13.0 Å². The number of hydrogen-bond donors (Lipinski definition) is 1. The molecule has 1 aliphatic rings. The van der Waals surface area contributed by atoms with Crippen LogP contribution < -0.4 is 5.32 Å². The minimum atomic E-state index is -0.198. The zero-order valence-electron chi connectivity index (χ0n) is 14.2. The third-order valence-corrected chi connectivity index (χ3v) is 5.11. The maximum Gasteiger partial charge on any atom is 0.236 e. The van der Waals surface area contributed by atoms with Crippen LogP contribution in [-0.2, 0) is 17.6 Å². The fourth-order valence-corrected chi connectivity index (χ4v) is 3.67. The number of hydrogen-bond acceptors (Lipinski definition) is 6. The second kappa shape index (κ2) is 8.17. The number of carbonyl (C=O) groups excluding carboxylic acids is 1. The van der Waals surface area contributed by atoms with Crippen molar-refractivity contribution in [3.05, 3.63) is 34.7 Å². The first-order valence-electron chi connectivity index (χ1n) is 8.44. The van der Waals surface area contributed by atoms with Crippen molar-refractivity contribution in [3.8, 4) is 6.07 Å². The first kappa shape index (κ1) is 17.5. The summed E-state index contributed by atoms with van der Waals surface area (Å²) in [5.74, 6) is 1.01. The van der Waals surface area contributed by atoms with Gasteiger partial charge >= 0.3 is 0 Å². The Kier molecular flexibility index (Phi) is 5.71. The summed E-state index contributed by atoms with van der Waals surface area (Å²) >= 11 is 1.29. The number of aryl methyl sites for hydroxylation is 3. The summed E-state index contributed by atoms with van der Waals surface area (Å²) in [6, 6.07) is 5.83. The van der Waals surface area contributed by atoms with Crippen molar-refractivity contribution in [2.24, 2.45) is 0 Å². The maximum absolute atomic E-state index is 12.1. The van der Waals surface area contributed by atoms with Gasteiger partial charge < -0.3 is 9.84 Å². The number of aromatic nitrogens is 2. The van der Waals surface area contributed by atoms with Crippen molar-refractivity contribution in [2.45, 2.75) is 50.5 Å². The molecule has 7 heteroatoms. The number of fused-ring (bicyclic) bond motifs is 1. The van der Waals surface area contributed by atoms with Crippen LogP contribution in [0.15, 0.2) is 21.7 Å². The van der Waals surface area contributed by atoms with Crippen LogP contribution in [0.25, 0.3) is 0 Å². The molecule has 2 aromatic heterocycles.